The Labute approximate surface area is 174 Å². The summed E-state index contributed by atoms with van der Waals surface area (Å²) in [6.45, 7) is 6.26. The number of hydrogen-bond donors (Lipinski definition) is 2. The van der Waals surface area contributed by atoms with Crippen molar-refractivity contribution in [3.05, 3.63) is 77.5 Å². The Morgan fingerprint density at radius 1 is 1.14 bits per heavy atom. The number of hydrogen-bond acceptors (Lipinski definition) is 5. The van der Waals surface area contributed by atoms with E-state index in [1.165, 1.54) is 11.9 Å². The average Bonchev–Trinajstić information content (AvgIpc) is 2.71. The van der Waals surface area contributed by atoms with Crippen molar-refractivity contribution in [1.29, 1.82) is 5.26 Å². The molecule has 0 fully saturated rings. The van der Waals surface area contributed by atoms with Crippen LogP contribution in [0.2, 0.25) is 0 Å². The fraction of sp³-hybridized carbons (Fsp3) is 0.174. The molecular formula is C23H21N3O2S. The molecule has 1 aromatic heterocycles. The van der Waals surface area contributed by atoms with Crippen LogP contribution in [0.1, 0.15) is 42.3 Å². The number of anilines is 1. The Morgan fingerprint density at radius 3 is 2.55 bits per heavy atom. The van der Waals surface area contributed by atoms with Crippen molar-refractivity contribution in [2.45, 2.75) is 31.1 Å². The smallest absolute Gasteiger partial charge is 0.335 e. The molecule has 0 amide bonds. The lowest BCUT2D eigenvalue weighted by molar-refractivity contribution is 0.0696. The van der Waals surface area contributed by atoms with Gasteiger partial charge < -0.3 is 9.83 Å². The summed E-state index contributed by atoms with van der Waals surface area (Å²) in [6.07, 6.45) is 1.72. The van der Waals surface area contributed by atoms with Gasteiger partial charge in [-0.2, -0.15) is 5.26 Å². The molecule has 6 heteroatoms. The van der Waals surface area contributed by atoms with E-state index < -0.39 is 5.97 Å². The first-order chi connectivity index (χ1) is 13.8. The van der Waals surface area contributed by atoms with E-state index >= 15 is 0 Å². The molecule has 3 aromatic rings. The number of aromatic carboxylic acids is 1. The highest BCUT2D eigenvalue weighted by Gasteiger charge is 2.20. The van der Waals surface area contributed by atoms with Crippen molar-refractivity contribution in [3.63, 3.8) is 0 Å². The van der Waals surface area contributed by atoms with Crippen LogP contribution in [-0.2, 0) is 5.41 Å². The Kier molecular flexibility index (Phi) is 5.90. The topological polar surface area (TPSA) is 86.0 Å². The minimum Gasteiger partial charge on any atom is -0.478 e. The van der Waals surface area contributed by atoms with Crippen LogP contribution in [0.15, 0.2) is 65.7 Å². The average molecular weight is 404 g/mol. The van der Waals surface area contributed by atoms with Crippen LogP contribution in [0.3, 0.4) is 0 Å². The van der Waals surface area contributed by atoms with Gasteiger partial charge in [-0.05, 0) is 65.4 Å². The van der Waals surface area contributed by atoms with Crippen molar-refractivity contribution in [2.24, 2.45) is 0 Å². The van der Waals surface area contributed by atoms with E-state index in [4.69, 9.17) is 0 Å². The van der Waals surface area contributed by atoms with Gasteiger partial charge in [0.1, 0.15) is 0 Å². The number of carboxylic acid groups (broad SMARTS) is 1. The summed E-state index contributed by atoms with van der Waals surface area (Å²) in [6, 6.07) is 18.4. The van der Waals surface area contributed by atoms with Crippen LogP contribution < -0.4 is 4.72 Å². The molecule has 3 rings (SSSR count). The molecule has 2 aromatic carbocycles. The van der Waals surface area contributed by atoms with Gasteiger partial charge >= 0.3 is 5.97 Å². The lowest BCUT2D eigenvalue weighted by Gasteiger charge is -2.23. The molecule has 0 saturated carbocycles. The molecule has 0 bridgehead atoms. The predicted molar refractivity (Wildman–Crippen MR) is 116 cm³/mol. The number of nitrogens with zero attached hydrogens (tertiary/aromatic N) is 2. The zero-order chi connectivity index (χ0) is 21.0. The molecule has 5 nitrogen and oxygen atoms in total. The summed E-state index contributed by atoms with van der Waals surface area (Å²) in [7, 11) is 0. The van der Waals surface area contributed by atoms with Crippen molar-refractivity contribution in [2.75, 3.05) is 4.72 Å². The van der Waals surface area contributed by atoms with E-state index in [-0.39, 0.29) is 11.0 Å². The van der Waals surface area contributed by atoms with Crippen LogP contribution in [0, 0.1) is 11.3 Å². The van der Waals surface area contributed by atoms with Crippen LogP contribution in [0.4, 0.5) is 5.69 Å². The summed E-state index contributed by atoms with van der Waals surface area (Å²) in [5, 5.41) is 18.7. The second kappa shape index (κ2) is 8.38. The lowest BCUT2D eigenvalue weighted by Crippen LogP contribution is -2.14. The molecule has 0 aliphatic heterocycles. The molecule has 0 radical (unpaired) electrons. The van der Waals surface area contributed by atoms with E-state index in [0.29, 0.717) is 5.56 Å². The third-order valence-electron chi connectivity index (χ3n) is 4.40. The second-order valence-electron chi connectivity index (χ2n) is 7.56. The molecule has 0 unspecified atom stereocenters. The minimum absolute atomic E-state index is 0.153. The van der Waals surface area contributed by atoms with Crippen molar-refractivity contribution >= 4 is 23.6 Å². The van der Waals surface area contributed by atoms with Crippen molar-refractivity contribution in [3.8, 4) is 17.3 Å². The summed E-state index contributed by atoms with van der Waals surface area (Å²) in [4.78, 5) is 16.7. The maximum Gasteiger partial charge on any atom is 0.335 e. The number of nitriles is 1. The zero-order valence-corrected chi connectivity index (χ0v) is 17.2. The normalized spacial score (nSPS) is 11.0. The molecule has 29 heavy (non-hydrogen) atoms. The van der Waals surface area contributed by atoms with Crippen molar-refractivity contribution in [1.82, 2.24) is 4.98 Å². The largest absolute Gasteiger partial charge is 0.478 e. The predicted octanol–water partition coefficient (Wildman–Crippen LogP) is 5.74. The standard InChI is InChI=1S/C23H21N3O2S/c1-23(2,3)18-10-8-16(22(27)28)13-21(18)29-26-20-12-15(14-24)7-9-17(20)19-6-4-5-11-25-19/h4-13,26H,1-3H3,(H,27,28). The summed E-state index contributed by atoms with van der Waals surface area (Å²) in [5.41, 5.74) is 4.05. The molecule has 0 atom stereocenters. The van der Waals surface area contributed by atoms with Crippen LogP contribution in [0.25, 0.3) is 11.3 Å². The van der Waals surface area contributed by atoms with E-state index in [9.17, 15) is 15.2 Å². The van der Waals surface area contributed by atoms with Gasteiger partial charge in [0.25, 0.3) is 0 Å². The number of pyridine rings is 1. The molecular weight excluding hydrogens is 382 g/mol. The quantitative estimate of drug-likeness (QED) is 0.529. The maximum atomic E-state index is 11.4. The molecule has 0 aliphatic carbocycles. The highest BCUT2D eigenvalue weighted by molar-refractivity contribution is 8.00. The first-order valence-corrected chi connectivity index (χ1v) is 9.87. The van der Waals surface area contributed by atoms with Gasteiger partial charge in [0, 0.05) is 16.7 Å². The molecule has 0 spiro atoms. The number of benzene rings is 2. The highest BCUT2D eigenvalue weighted by atomic mass is 32.2. The van der Waals surface area contributed by atoms with Gasteiger partial charge in [0.15, 0.2) is 0 Å². The van der Waals surface area contributed by atoms with E-state index in [0.717, 1.165) is 27.4 Å². The fourth-order valence-corrected chi connectivity index (χ4v) is 3.97. The SMILES string of the molecule is CC(C)(C)c1ccc(C(=O)O)cc1SNc1cc(C#N)ccc1-c1ccccn1. The lowest BCUT2D eigenvalue weighted by atomic mass is 9.86. The van der Waals surface area contributed by atoms with E-state index in [1.807, 2.05) is 30.3 Å². The van der Waals surface area contributed by atoms with Crippen LogP contribution >= 0.6 is 11.9 Å². The second-order valence-corrected chi connectivity index (χ2v) is 8.41. The Balaban J connectivity index is 2.01. The first-order valence-electron chi connectivity index (χ1n) is 9.06. The number of nitrogens with one attached hydrogen (secondary N) is 1. The molecule has 1 heterocycles. The molecule has 0 saturated heterocycles. The Bertz CT molecular complexity index is 1080. The monoisotopic (exact) mass is 403 g/mol. The van der Waals surface area contributed by atoms with Gasteiger partial charge in [-0.25, -0.2) is 4.79 Å². The van der Waals surface area contributed by atoms with Gasteiger partial charge in [-0.3, -0.25) is 4.98 Å². The minimum atomic E-state index is -0.965. The number of carboxylic acids is 1. The van der Waals surface area contributed by atoms with E-state index in [1.54, 1.807) is 30.5 Å². The summed E-state index contributed by atoms with van der Waals surface area (Å²) >= 11 is 1.34. The van der Waals surface area contributed by atoms with Gasteiger partial charge in [0.05, 0.1) is 28.6 Å². The highest BCUT2D eigenvalue weighted by Crippen LogP contribution is 2.36. The fourth-order valence-electron chi connectivity index (χ4n) is 2.91. The molecule has 146 valence electrons. The first kappa shape index (κ1) is 20.4. The summed E-state index contributed by atoms with van der Waals surface area (Å²) < 4.78 is 3.31. The van der Waals surface area contributed by atoms with Gasteiger partial charge in [-0.15, -0.1) is 0 Å². The Morgan fingerprint density at radius 2 is 1.93 bits per heavy atom. The third-order valence-corrected chi connectivity index (χ3v) is 5.28. The number of carbonyl (C=O) groups is 1. The van der Waals surface area contributed by atoms with Gasteiger partial charge in [-0.1, -0.05) is 32.9 Å². The Hall–Kier alpha value is -3.30. The number of rotatable bonds is 5. The van der Waals surface area contributed by atoms with Gasteiger partial charge in [0.2, 0.25) is 0 Å². The third kappa shape index (κ3) is 4.76. The number of aromatic nitrogens is 1. The van der Waals surface area contributed by atoms with Crippen LogP contribution in [0.5, 0.6) is 0 Å². The van der Waals surface area contributed by atoms with Crippen LogP contribution in [-0.4, -0.2) is 16.1 Å². The van der Waals surface area contributed by atoms with Crippen molar-refractivity contribution < 1.29 is 9.90 Å². The van der Waals surface area contributed by atoms with E-state index in [2.05, 4.69) is 36.5 Å². The molecule has 0 aliphatic rings. The summed E-state index contributed by atoms with van der Waals surface area (Å²) in [5.74, 6) is -0.965. The molecule has 2 N–H and O–H groups in total. The zero-order valence-electron chi connectivity index (χ0n) is 16.4. The maximum absolute atomic E-state index is 11.4.